The van der Waals surface area contributed by atoms with E-state index in [-0.39, 0.29) is 17.2 Å². The number of rotatable bonds is 5. The maximum absolute atomic E-state index is 12.8. The number of carbonyl (C=O) groups excluding carboxylic acids is 1. The summed E-state index contributed by atoms with van der Waals surface area (Å²) in [6, 6.07) is 16.8. The smallest absolute Gasteiger partial charge is 0.278 e. The van der Waals surface area contributed by atoms with Crippen LogP contribution >= 0.6 is 0 Å². The van der Waals surface area contributed by atoms with Crippen LogP contribution in [0.1, 0.15) is 30.3 Å². The van der Waals surface area contributed by atoms with E-state index in [1.54, 1.807) is 11.9 Å². The summed E-state index contributed by atoms with van der Waals surface area (Å²) >= 11 is 0. The van der Waals surface area contributed by atoms with Gasteiger partial charge in [-0.1, -0.05) is 43.7 Å². The number of anilines is 1. The highest BCUT2D eigenvalue weighted by atomic mass is 16.2. The van der Waals surface area contributed by atoms with Crippen LogP contribution in [0.15, 0.2) is 59.4 Å². The first-order valence-electron chi connectivity index (χ1n) is 8.45. The Morgan fingerprint density at radius 1 is 1.08 bits per heavy atom. The summed E-state index contributed by atoms with van der Waals surface area (Å²) in [5, 5.41) is 6.42. The van der Waals surface area contributed by atoms with Gasteiger partial charge in [-0.3, -0.25) is 9.59 Å². The molecule has 1 aromatic heterocycles. The van der Waals surface area contributed by atoms with E-state index in [9.17, 15) is 9.59 Å². The third-order valence-electron chi connectivity index (χ3n) is 4.23. The third kappa shape index (κ3) is 3.60. The molecule has 1 amide bonds. The minimum atomic E-state index is -0.236. The Hall–Kier alpha value is -2.95. The third-order valence-corrected chi connectivity index (χ3v) is 4.23. The number of unbranched alkanes of at least 4 members (excludes halogenated alkanes) is 1. The molecule has 0 aliphatic rings. The van der Waals surface area contributed by atoms with Crippen molar-refractivity contribution in [2.24, 2.45) is 0 Å². The van der Waals surface area contributed by atoms with Crippen molar-refractivity contribution in [3.63, 3.8) is 0 Å². The number of benzene rings is 2. The molecule has 0 radical (unpaired) electrons. The van der Waals surface area contributed by atoms with Gasteiger partial charge in [0.25, 0.3) is 11.5 Å². The van der Waals surface area contributed by atoms with Gasteiger partial charge in [-0.2, -0.15) is 5.10 Å². The zero-order valence-electron chi connectivity index (χ0n) is 14.5. The molecule has 5 heteroatoms. The molecule has 0 fully saturated rings. The lowest BCUT2D eigenvalue weighted by Crippen LogP contribution is -2.31. The van der Waals surface area contributed by atoms with Crippen LogP contribution in [0.4, 0.5) is 5.69 Å². The van der Waals surface area contributed by atoms with Crippen LogP contribution < -0.4 is 10.5 Å². The fourth-order valence-electron chi connectivity index (χ4n) is 2.71. The molecule has 0 saturated carbocycles. The topological polar surface area (TPSA) is 55.2 Å². The average Bonchev–Trinajstić information content (AvgIpc) is 2.65. The van der Waals surface area contributed by atoms with Gasteiger partial charge >= 0.3 is 0 Å². The van der Waals surface area contributed by atoms with Crippen molar-refractivity contribution in [3.05, 3.63) is 70.6 Å². The number of aromatic nitrogens is 2. The predicted octanol–water partition coefficient (Wildman–Crippen LogP) is 3.47. The summed E-state index contributed by atoms with van der Waals surface area (Å²) in [6.45, 7) is 2.57. The van der Waals surface area contributed by atoms with Gasteiger partial charge in [0.05, 0.1) is 0 Å². The molecule has 0 atom stereocenters. The van der Waals surface area contributed by atoms with Crippen LogP contribution in [0.5, 0.6) is 0 Å². The van der Waals surface area contributed by atoms with E-state index in [1.165, 1.54) is 16.8 Å². The summed E-state index contributed by atoms with van der Waals surface area (Å²) in [7, 11) is 1.72. The molecule has 3 aromatic rings. The van der Waals surface area contributed by atoms with Gasteiger partial charge in [0.15, 0.2) is 0 Å². The van der Waals surface area contributed by atoms with Crippen LogP contribution in [-0.2, 0) is 6.54 Å². The first-order chi connectivity index (χ1) is 12.1. The first-order valence-corrected chi connectivity index (χ1v) is 8.45. The second-order valence-electron chi connectivity index (χ2n) is 6.03. The van der Waals surface area contributed by atoms with E-state index >= 15 is 0 Å². The molecule has 0 saturated heterocycles. The zero-order chi connectivity index (χ0) is 17.8. The summed E-state index contributed by atoms with van der Waals surface area (Å²) in [6.07, 6.45) is 1.81. The predicted molar refractivity (Wildman–Crippen MR) is 100 cm³/mol. The Morgan fingerprint density at radius 2 is 1.84 bits per heavy atom. The minimum Gasteiger partial charge on any atom is -0.310 e. The Morgan fingerprint density at radius 3 is 2.60 bits per heavy atom. The van der Waals surface area contributed by atoms with Crippen molar-refractivity contribution in [2.75, 3.05) is 11.9 Å². The lowest BCUT2D eigenvalue weighted by molar-refractivity contribution is 0.0985. The fraction of sp³-hybridized carbons (Fsp3) is 0.250. The van der Waals surface area contributed by atoms with E-state index in [0.29, 0.717) is 6.54 Å². The van der Waals surface area contributed by atoms with Crippen LogP contribution in [-0.4, -0.2) is 22.7 Å². The summed E-state index contributed by atoms with van der Waals surface area (Å²) in [5.41, 5.74) is 0.876. The van der Waals surface area contributed by atoms with Gasteiger partial charge < -0.3 is 4.90 Å². The van der Waals surface area contributed by atoms with Crippen molar-refractivity contribution < 1.29 is 4.79 Å². The van der Waals surface area contributed by atoms with Crippen molar-refractivity contribution in [2.45, 2.75) is 26.3 Å². The molecular formula is C20H21N3O2. The summed E-state index contributed by atoms with van der Waals surface area (Å²) in [5.74, 6) is -0.236. The van der Waals surface area contributed by atoms with Crippen molar-refractivity contribution in [1.82, 2.24) is 9.78 Å². The maximum atomic E-state index is 12.8. The Bertz CT molecular complexity index is 962. The molecule has 1 heterocycles. The minimum absolute atomic E-state index is 0.182. The summed E-state index contributed by atoms with van der Waals surface area (Å²) in [4.78, 5) is 26.2. The standard InChI is InChI=1S/C20H21N3O2/c1-3-4-13-23-19(24)12-11-18(21-23)20(25)22(2)17-10-9-15-7-5-6-8-16(15)14-17/h5-12,14H,3-4,13H2,1-2H3. The number of carbonyl (C=O) groups is 1. The second kappa shape index (κ2) is 7.30. The normalized spacial score (nSPS) is 10.8. The van der Waals surface area contributed by atoms with Crippen LogP contribution in [0.3, 0.4) is 0 Å². The molecular weight excluding hydrogens is 314 g/mol. The largest absolute Gasteiger partial charge is 0.310 e. The second-order valence-corrected chi connectivity index (χ2v) is 6.03. The Kier molecular flexibility index (Phi) is 4.93. The molecule has 2 aromatic carbocycles. The quantitative estimate of drug-likeness (QED) is 0.717. The zero-order valence-corrected chi connectivity index (χ0v) is 14.5. The number of fused-ring (bicyclic) bond motifs is 1. The molecule has 0 N–H and O–H groups in total. The molecule has 0 aliphatic heterocycles. The van der Waals surface area contributed by atoms with Crippen LogP contribution in [0.25, 0.3) is 10.8 Å². The van der Waals surface area contributed by atoms with Gasteiger partial charge in [0.2, 0.25) is 0 Å². The van der Waals surface area contributed by atoms with Gasteiger partial charge in [0, 0.05) is 25.3 Å². The maximum Gasteiger partial charge on any atom is 0.278 e. The molecule has 0 aliphatic carbocycles. The van der Waals surface area contributed by atoms with Crippen molar-refractivity contribution in [3.8, 4) is 0 Å². The summed E-state index contributed by atoms with van der Waals surface area (Å²) < 4.78 is 1.37. The van der Waals surface area contributed by atoms with E-state index in [4.69, 9.17) is 0 Å². The van der Waals surface area contributed by atoms with Gasteiger partial charge in [0.1, 0.15) is 5.69 Å². The van der Waals surface area contributed by atoms with E-state index in [0.717, 1.165) is 29.3 Å². The number of hydrogen-bond acceptors (Lipinski definition) is 3. The Balaban J connectivity index is 1.89. The van der Waals surface area contributed by atoms with E-state index in [2.05, 4.69) is 5.10 Å². The lowest BCUT2D eigenvalue weighted by atomic mass is 10.1. The molecule has 0 bridgehead atoms. The van der Waals surface area contributed by atoms with Crippen LogP contribution in [0, 0.1) is 0 Å². The highest BCUT2D eigenvalue weighted by Gasteiger charge is 2.16. The molecule has 128 valence electrons. The molecule has 0 spiro atoms. The van der Waals surface area contributed by atoms with E-state index in [1.807, 2.05) is 49.4 Å². The number of amides is 1. The van der Waals surface area contributed by atoms with Crippen molar-refractivity contribution >= 4 is 22.4 Å². The first kappa shape index (κ1) is 16.9. The molecule has 25 heavy (non-hydrogen) atoms. The van der Waals surface area contributed by atoms with E-state index < -0.39 is 0 Å². The molecule has 3 rings (SSSR count). The number of hydrogen-bond donors (Lipinski definition) is 0. The highest BCUT2D eigenvalue weighted by molar-refractivity contribution is 6.05. The van der Waals surface area contributed by atoms with Gasteiger partial charge in [-0.15, -0.1) is 0 Å². The van der Waals surface area contributed by atoms with Gasteiger partial charge in [-0.25, -0.2) is 4.68 Å². The Labute approximate surface area is 146 Å². The SMILES string of the molecule is CCCCn1nc(C(=O)N(C)c2ccc3ccccc3c2)ccc1=O. The highest BCUT2D eigenvalue weighted by Crippen LogP contribution is 2.22. The van der Waals surface area contributed by atoms with Gasteiger partial charge in [-0.05, 0) is 35.4 Å². The average molecular weight is 335 g/mol. The fourth-order valence-corrected chi connectivity index (χ4v) is 2.71. The molecule has 5 nitrogen and oxygen atoms in total. The molecule has 0 unspecified atom stereocenters. The number of aryl methyl sites for hydroxylation is 1. The number of nitrogens with zero attached hydrogens (tertiary/aromatic N) is 3. The monoisotopic (exact) mass is 335 g/mol. The van der Waals surface area contributed by atoms with Crippen LogP contribution in [0.2, 0.25) is 0 Å². The lowest BCUT2D eigenvalue weighted by Gasteiger charge is -2.18. The van der Waals surface area contributed by atoms with Crippen molar-refractivity contribution in [1.29, 1.82) is 0 Å².